The molecular weight excluding hydrogens is 438 g/mol. The zero-order valence-electron chi connectivity index (χ0n) is 20.4. The van der Waals surface area contributed by atoms with Crippen LogP contribution in [0.25, 0.3) is 0 Å². The lowest BCUT2D eigenvalue weighted by molar-refractivity contribution is -0.385. The summed E-state index contributed by atoms with van der Waals surface area (Å²) in [4.78, 5) is 38.3. The van der Waals surface area contributed by atoms with Crippen molar-refractivity contribution in [2.24, 2.45) is 5.92 Å². The van der Waals surface area contributed by atoms with Gasteiger partial charge in [0.25, 0.3) is 5.91 Å². The van der Waals surface area contributed by atoms with Crippen molar-refractivity contribution in [2.75, 3.05) is 20.3 Å². The topological polar surface area (TPSA) is 111 Å². The lowest BCUT2D eigenvalue weighted by Gasteiger charge is -2.31. The summed E-state index contributed by atoms with van der Waals surface area (Å²) < 4.78 is 10.7. The summed E-state index contributed by atoms with van der Waals surface area (Å²) in [5.41, 5.74) is 1.75. The van der Waals surface area contributed by atoms with Crippen molar-refractivity contribution in [1.82, 2.24) is 10.2 Å². The first-order chi connectivity index (χ1) is 16.2. The number of benzene rings is 2. The summed E-state index contributed by atoms with van der Waals surface area (Å²) in [6.45, 7) is 8.26. The molecule has 0 radical (unpaired) electrons. The van der Waals surface area contributed by atoms with E-state index in [1.165, 1.54) is 30.2 Å². The van der Waals surface area contributed by atoms with Crippen molar-refractivity contribution in [3.63, 3.8) is 0 Å². The van der Waals surface area contributed by atoms with E-state index in [1.54, 1.807) is 0 Å². The lowest BCUT2D eigenvalue weighted by Crippen LogP contribution is -2.50. The highest BCUT2D eigenvalue weighted by molar-refractivity contribution is 5.88. The predicted molar refractivity (Wildman–Crippen MR) is 129 cm³/mol. The second kappa shape index (κ2) is 12.6. The van der Waals surface area contributed by atoms with Crippen LogP contribution >= 0.6 is 0 Å². The standard InChI is InChI=1S/C25H33N3O6/c1-6-21(25(30)26-14-17(2)3)27(15-19-10-8-7-9-18(19)4)24(29)16-34-20-11-12-22(28(31)32)23(13-20)33-5/h7-13,17,21H,6,14-16H2,1-5H3,(H,26,30)/t21-/m0/s1. The highest BCUT2D eigenvalue weighted by atomic mass is 16.6. The van der Waals surface area contributed by atoms with Crippen molar-refractivity contribution in [3.05, 3.63) is 63.7 Å². The third-order valence-electron chi connectivity index (χ3n) is 5.38. The van der Waals surface area contributed by atoms with Gasteiger partial charge < -0.3 is 19.7 Å². The molecule has 9 heteroatoms. The maximum Gasteiger partial charge on any atom is 0.311 e. The number of hydrogen-bond donors (Lipinski definition) is 1. The van der Waals surface area contributed by atoms with Crippen LogP contribution in [0.4, 0.5) is 5.69 Å². The molecule has 0 aliphatic carbocycles. The third-order valence-corrected chi connectivity index (χ3v) is 5.38. The zero-order chi connectivity index (χ0) is 25.3. The Kier molecular flexibility index (Phi) is 9.85. The maximum atomic E-state index is 13.3. The van der Waals surface area contributed by atoms with Gasteiger partial charge in [0.2, 0.25) is 11.7 Å². The Morgan fingerprint density at radius 1 is 1.18 bits per heavy atom. The average molecular weight is 472 g/mol. The van der Waals surface area contributed by atoms with Gasteiger partial charge in [-0.1, -0.05) is 45.0 Å². The van der Waals surface area contributed by atoms with Gasteiger partial charge in [-0.05, 0) is 36.5 Å². The minimum atomic E-state index is -0.666. The third kappa shape index (κ3) is 7.19. The molecule has 34 heavy (non-hydrogen) atoms. The molecule has 0 saturated carbocycles. The summed E-state index contributed by atoms with van der Waals surface area (Å²) in [6.07, 6.45) is 0.437. The molecule has 0 saturated heterocycles. The van der Waals surface area contributed by atoms with Crippen LogP contribution < -0.4 is 14.8 Å². The summed E-state index contributed by atoms with van der Waals surface area (Å²) in [5, 5.41) is 14.0. The van der Waals surface area contributed by atoms with E-state index in [1.807, 2.05) is 52.0 Å². The fraction of sp³-hybridized carbons (Fsp3) is 0.440. The minimum Gasteiger partial charge on any atom is -0.490 e. The van der Waals surface area contributed by atoms with Crippen molar-refractivity contribution in [1.29, 1.82) is 0 Å². The van der Waals surface area contributed by atoms with Crippen molar-refractivity contribution < 1.29 is 24.0 Å². The van der Waals surface area contributed by atoms with Crippen molar-refractivity contribution >= 4 is 17.5 Å². The number of carbonyl (C=O) groups is 2. The van der Waals surface area contributed by atoms with Gasteiger partial charge in [-0.25, -0.2) is 0 Å². The average Bonchev–Trinajstić information content (AvgIpc) is 2.81. The first kappa shape index (κ1) is 26.6. The monoisotopic (exact) mass is 471 g/mol. The number of nitrogens with zero attached hydrogens (tertiary/aromatic N) is 2. The van der Waals surface area contributed by atoms with Gasteiger partial charge >= 0.3 is 5.69 Å². The molecule has 0 aliphatic heterocycles. The first-order valence-corrected chi connectivity index (χ1v) is 11.2. The Morgan fingerprint density at radius 2 is 1.88 bits per heavy atom. The summed E-state index contributed by atoms with van der Waals surface area (Å²) >= 11 is 0. The highest BCUT2D eigenvalue weighted by Gasteiger charge is 2.29. The molecule has 0 heterocycles. The van der Waals surface area contributed by atoms with Crippen LogP contribution in [0.1, 0.15) is 38.3 Å². The highest BCUT2D eigenvalue weighted by Crippen LogP contribution is 2.30. The van der Waals surface area contributed by atoms with Crippen LogP contribution in [0.3, 0.4) is 0 Å². The van der Waals surface area contributed by atoms with Crippen LogP contribution in [0.5, 0.6) is 11.5 Å². The number of nitro groups is 1. The maximum absolute atomic E-state index is 13.3. The Morgan fingerprint density at radius 3 is 2.47 bits per heavy atom. The smallest absolute Gasteiger partial charge is 0.311 e. The van der Waals surface area contributed by atoms with E-state index in [0.29, 0.717) is 13.0 Å². The number of aryl methyl sites for hydroxylation is 1. The Labute approximate surface area is 200 Å². The van der Waals surface area contributed by atoms with E-state index in [4.69, 9.17) is 9.47 Å². The number of carbonyl (C=O) groups excluding carboxylic acids is 2. The molecule has 9 nitrogen and oxygen atoms in total. The quantitative estimate of drug-likeness (QED) is 0.372. The Bertz CT molecular complexity index is 1010. The van der Waals surface area contributed by atoms with E-state index in [2.05, 4.69) is 5.32 Å². The van der Waals surface area contributed by atoms with Crippen LogP contribution in [0, 0.1) is 23.0 Å². The summed E-state index contributed by atoms with van der Waals surface area (Å²) in [6, 6.07) is 11.1. The molecule has 0 unspecified atom stereocenters. The lowest BCUT2D eigenvalue weighted by atomic mass is 10.1. The Balaban J connectivity index is 2.25. The number of rotatable bonds is 12. The van der Waals surface area contributed by atoms with Gasteiger partial charge in [0.15, 0.2) is 6.61 Å². The molecule has 2 rings (SSSR count). The molecule has 0 fully saturated rings. The molecule has 0 bridgehead atoms. The number of amides is 2. The molecule has 0 aromatic heterocycles. The number of methoxy groups -OCH3 is 1. The molecule has 0 aliphatic rings. The number of nitrogens with one attached hydrogen (secondary N) is 1. The van der Waals surface area contributed by atoms with Gasteiger partial charge in [0.05, 0.1) is 12.0 Å². The van der Waals surface area contributed by atoms with Crippen molar-refractivity contribution in [3.8, 4) is 11.5 Å². The second-order valence-corrected chi connectivity index (χ2v) is 8.39. The SMILES string of the molecule is CC[C@@H](C(=O)NCC(C)C)N(Cc1ccccc1C)C(=O)COc1ccc([N+](=O)[O-])c(OC)c1. The van der Waals surface area contributed by atoms with E-state index in [9.17, 15) is 19.7 Å². The fourth-order valence-electron chi connectivity index (χ4n) is 3.44. The first-order valence-electron chi connectivity index (χ1n) is 11.2. The van der Waals surface area contributed by atoms with Gasteiger partial charge in [-0.2, -0.15) is 0 Å². The second-order valence-electron chi connectivity index (χ2n) is 8.39. The van der Waals surface area contributed by atoms with Crippen molar-refractivity contribution in [2.45, 2.75) is 46.7 Å². The molecule has 1 N–H and O–H groups in total. The zero-order valence-corrected chi connectivity index (χ0v) is 20.4. The van der Waals surface area contributed by atoms with Crippen LogP contribution in [0.2, 0.25) is 0 Å². The van der Waals surface area contributed by atoms with E-state index in [-0.39, 0.29) is 48.1 Å². The summed E-state index contributed by atoms with van der Waals surface area (Å²) in [5.74, 6) is -0.0140. The molecule has 2 amide bonds. The van der Waals surface area contributed by atoms with E-state index < -0.39 is 11.0 Å². The molecule has 1 atom stereocenters. The number of hydrogen-bond acceptors (Lipinski definition) is 6. The van der Waals surface area contributed by atoms with E-state index in [0.717, 1.165) is 11.1 Å². The largest absolute Gasteiger partial charge is 0.490 e. The van der Waals surface area contributed by atoms with Gasteiger partial charge in [0, 0.05) is 25.2 Å². The van der Waals surface area contributed by atoms with Gasteiger partial charge in [-0.3, -0.25) is 19.7 Å². The molecule has 2 aromatic rings. The summed E-state index contributed by atoms with van der Waals surface area (Å²) in [7, 11) is 1.32. The molecule has 0 spiro atoms. The minimum absolute atomic E-state index is 0.0335. The van der Waals surface area contributed by atoms with Crippen LogP contribution in [0.15, 0.2) is 42.5 Å². The molecule has 2 aromatic carbocycles. The normalized spacial score (nSPS) is 11.6. The fourth-order valence-corrected chi connectivity index (χ4v) is 3.44. The molecular formula is C25H33N3O6. The van der Waals surface area contributed by atoms with E-state index >= 15 is 0 Å². The van der Waals surface area contributed by atoms with Gasteiger partial charge in [0.1, 0.15) is 11.8 Å². The number of ether oxygens (including phenoxy) is 2. The molecule has 184 valence electrons. The predicted octanol–water partition coefficient (Wildman–Crippen LogP) is 3.87. The van der Waals surface area contributed by atoms with Crippen LogP contribution in [-0.2, 0) is 16.1 Å². The number of nitro benzene ring substituents is 1. The van der Waals surface area contributed by atoms with Crippen LogP contribution in [-0.4, -0.2) is 47.9 Å². The van der Waals surface area contributed by atoms with Gasteiger partial charge in [-0.15, -0.1) is 0 Å². The Hall–Kier alpha value is -3.62.